The van der Waals surface area contributed by atoms with E-state index >= 15 is 0 Å². The van der Waals surface area contributed by atoms with Gasteiger partial charge in [0.25, 0.3) is 5.91 Å². The summed E-state index contributed by atoms with van der Waals surface area (Å²) in [5, 5.41) is 4.94. The van der Waals surface area contributed by atoms with Crippen molar-refractivity contribution in [1.29, 1.82) is 0 Å². The standard InChI is InChI=1S/C24H21N5O2S/c1-2-31-16-11-9-15(10-12-16)29-22(25)20(24(30)26-14-17-6-5-13-32-17)21-23(29)28-19-8-4-3-7-18(19)27-21/h3-13H,2,14,25H2,1H3,(H,26,30). The summed E-state index contributed by atoms with van der Waals surface area (Å²) in [5.41, 5.74) is 10.1. The number of nitrogen functional groups attached to an aromatic ring is 1. The lowest BCUT2D eigenvalue weighted by Gasteiger charge is -2.09. The minimum absolute atomic E-state index is 0.282. The van der Waals surface area contributed by atoms with Gasteiger partial charge in [0.05, 0.1) is 24.2 Å². The highest BCUT2D eigenvalue weighted by Crippen LogP contribution is 2.31. The van der Waals surface area contributed by atoms with E-state index < -0.39 is 0 Å². The molecule has 0 spiro atoms. The van der Waals surface area contributed by atoms with Crippen LogP contribution in [0.2, 0.25) is 0 Å². The molecule has 0 bridgehead atoms. The summed E-state index contributed by atoms with van der Waals surface area (Å²) in [5.74, 6) is 0.773. The quantitative estimate of drug-likeness (QED) is 0.402. The summed E-state index contributed by atoms with van der Waals surface area (Å²) in [6, 6.07) is 19.0. The molecule has 0 saturated carbocycles. The average Bonchev–Trinajstić information content (AvgIpc) is 3.42. The van der Waals surface area contributed by atoms with Crippen LogP contribution < -0.4 is 15.8 Å². The molecule has 0 saturated heterocycles. The molecule has 0 aliphatic rings. The third-order valence-electron chi connectivity index (χ3n) is 5.13. The summed E-state index contributed by atoms with van der Waals surface area (Å²) in [6.07, 6.45) is 0. The molecule has 3 N–H and O–H groups in total. The van der Waals surface area contributed by atoms with E-state index in [0.717, 1.165) is 21.8 Å². The molecule has 3 heterocycles. The lowest BCUT2D eigenvalue weighted by molar-refractivity contribution is 0.0953. The number of ether oxygens (including phenoxy) is 1. The number of nitrogens with one attached hydrogen (secondary N) is 1. The number of hydrogen-bond acceptors (Lipinski definition) is 6. The van der Waals surface area contributed by atoms with Crippen LogP contribution in [0.5, 0.6) is 5.75 Å². The lowest BCUT2D eigenvalue weighted by Crippen LogP contribution is -2.23. The minimum atomic E-state index is -0.282. The average molecular weight is 444 g/mol. The van der Waals surface area contributed by atoms with Gasteiger partial charge in [-0.15, -0.1) is 11.3 Å². The fraction of sp³-hybridized carbons (Fsp3) is 0.125. The first-order valence-electron chi connectivity index (χ1n) is 10.3. The van der Waals surface area contributed by atoms with Crippen molar-refractivity contribution in [3.05, 3.63) is 76.5 Å². The largest absolute Gasteiger partial charge is 0.494 e. The Hall–Kier alpha value is -3.91. The number of aromatic nitrogens is 3. The Morgan fingerprint density at radius 1 is 1.06 bits per heavy atom. The first-order valence-corrected chi connectivity index (χ1v) is 11.1. The molecule has 160 valence electrons. The minimum Gasteiger partial charge on any atom is -0.494 e. The van der Waals surface area contributed by atoms with Gasteiger partial charge in [0, 0.05) is 10.6 Å². The number of nitrogens with two attached hydrogens (primary N) is 1. The molecule has 7 nitrogen and oxygen atoms in total. The highest BCUT2D eigenvalue weighted by Gasteiger charge is 2.24. The number of benzene rings is 2. The Kier molecular flexibility index (Phi) is 5.20. The second kappa shape index (κ2) is 8.32. The van der Waals surface area contributed by atoms with Gasteiger partial charge in [-0.05, 0) is 54.8 Å². The molecule has 32 heavy (non-hydrogen) atoms. The van der Waals surface area contributed by atoms with E-state index in [-0.39, 0.29) is 5.91 Å². The number of fused-ring (bicyclic) bond motifs is 2. The van der Waals surface area contributed by atoms with Crippen LogP contribution in [0.3, 0.4) is 0 Å². The molecule has 5 aromatic rings. The van der Waals surface area contributed by atoms with Gasteiger partial charge in [0.15, 0.2) is 5.65 Å². The van der Waals surface area contributed by atoms with E-state index in [1.807, 2.05) is 73.0 Å². The molecule has 0 atom stereocenters. The van der Waals surface area contributed by atoms with Crippen LogP contribution in [0.25, 0.3) is 27.9 Å². The fourth-order valence-corrected chi connectivity index (χ4v) is 4.32. The Morgan fingerprint density at radius 2 is 1.81 bits per heavy atom. The monoisotopic (exact) mass is 443 g/mol. The molecule has 0 aliphatic carbocycles. The highest BCUT2D eigenvalue weighted by atomic mass is 32.1. The van der Waals surface area contributed by atoms with Gasteiger partial charge < -0.3 is 15.8 Å². The predicted molar refractivity (Wildman–Crippen MR) is 127 cm³/mol. The van der Waals surface area contributed by atoms with Gasteiger partial charge in [-0.25, -0.2) is 9.97 Å². The number of rotatable bonds is 6. The van der Waals surface area contributed by atoms with Gasteiger partial charge in [-0.3, -0.25) is 9.36 Å². The number of thiophene rings is 1. The maximum atomic E-state index is 13.2. The van der Waals surface area contributed by atoms with Crippen LogP contribution in [0, 0.1) is 0 Å². The number of carbonyl (C=O) groups is 1. The summed E-state index contributed by atoms with van der Waals surface area (Å²) in [7, 11) is 0. The van der Waals surface area contributed by atoms with Crippen LogP contribution in [0.4, 0.5) is 5.82 Å². The second-order valence-electron chi connectivity index (χ2n) is 7.17. The number of hydrogen-bond donors (Lipinski definition) is 2. The second-order valence-corrected chi connectivity index (χ2v) is 8.20. The zero-order valence-corrected chi connectivity index (χ0v) is 18.2. The Bertz CT molecular complexity index is 1410. The molecule has 8 heteroatoms. The molecule has 0 aliphatic heterocycles. The van der Waals surface area contributed by atoms with Gasteiger partial charge in [0.1, 0.15) is 22.6 Å². The highest BCUT2D eigenvalue weighted by molar-refractivity contribution is 7.09. The molecular formula is C24H21N5O2S. The van der Waals surface area contributed by atoms with Crippen molar-refractivity contribution in [3.8, 4) is 11.4 Å². The smallest absolute Gasteiger partial charge is 0.257 e. The molecule has 2 aromatic carbocycles. The topological polar surface area (TPSA) is 95.1 Å². The molecule has 5 rings (SSSR count). The zero-order chi connectivity index (χ0) is 22.1. The van der Waals surface area contributed by atoms with Crippen molar-refractivity contribution >= 4 is 45.3 Å². The van der Waals surface area contributed by atoms with Gasteiger partial charge >= 0.3 is 0 Å². The molecule has 0 fully saturated rings. The number of amides is 1. The summed E-state index contributed by atoms with van der Waals surface area (Å²) >= 11 is 1.59. The van der Waals surface area contributed by atoms with Crippen LogP contribution in [-0.4, -0.2) is 27.0 Å². The number of carbonyl (C=O) groups excluding carboxylic acids is 1. The molecular weight excluding hydrogens is 422 g/mol. The van der Waals surface area contributed by atoms with Gasteiger partial charge in [0.2, 0.25) is 0 Å². The summed E-state index contributed by atoms with van der Waals surface area (Å²) in [4.78, 5) is 23.8. The Balaban J connectivity index is 1.66. The van der Waals surface area contributed by atoms with Crippen molar-refractivity contribution in [2.75, 3.05) is 12.3 Å². The Labute approximate surface area is 188 Å². The number of anilines is 1. The van der Waals surface area contributed by atoms with Crippen LogP contribution in [-0.2, 0) is 6.54 Å². The number of para-hydroxylation sites is 2. The van der Waals surface area contributed by atoms with Crippen molar-refractivity contribution in [2.24, 2.45) is 0 Å². The SMILES string of the molecule is CCOc1ccc(-n2c(N)c(C(=O)NCc3cccs3)c3nc4ccccc4nc32)cc1. The lowest BCUT2D eigenvalue weighted by atomic mass is 10.2. The predicted octanol–water partition coefficient (Wildman–Crippen LogP) is 4.55. The normalized spacial score (nSPS) is 11.2. The third kappa shape index (κ3) is 3.54. The molecule has 1 amide bonds. The first kappa shape index (κ1) is 20.0. The van der Waals surface area contributed by atoms with Crippen LogP contribution in [0.1, 0.15) is 22.2 Å². The van der Waals surface area contributed by atoms with Crippen molar-refractivity contribution in [3.63, 3.8) is 0 Å². The first-order chi connectivity index (χ1) is 15.7. The van der Waals surface area contributed by atoms with Crippen LogP contribution in [0.15, 0.2) is 66.0 Å². The molecule has 0 radical (unpaired) electrons. The number of nitrogens with zero attached hydrogens (tertiary/aromatic N) is 3. The van der Waals surface area contributed by atoms with E-state index in [0.29, 0.717) is 41.2 Å². The Morgan fingerprint density at radius 3 is 2.50 bits per heavy atom. The maximum absolute atomic E-state index is 13.2. The third-order valence-corrected chi connectivity index (χ3v) is 6.01. The van der Waals surface area contributed by atoms with Crippen molar-refractivity contribution in [2.45, 2.75) is 13.5 Å². The fourth-order valence-electron chi connectivity index (χ4n) is 3.67. The molecule has 3 aromatic heterocycles. The summed E-state index contributed by atoms with van der Waals surface area (Å²) < 4.78 is 7.32. The zero-order valence-electron chi connectivity index (χ0n) is 17.4. The summed E-state index contributed by atoms with van der Waals surface area (Å²) in [6.45, 7) is 2.94. The van der Waals surface area contributed by atoms with Gasteiger partial charge in [-0.1, -0.05) is 18.2 Å². The van der Waals surface area contributed by atoms with Crippen molar-refractivity contribution in [1.82, 2.24) is 19.9 Å². The maximum Gasteiger partial charge on any atom is 0.257 e. The van der Waals surface area contributed by atoms with E-state index in [4.69, 9.17) is 20.4 Å². The molecule has 0 unspecified atom stereocenters. The van der Waals surface area contributed by atoms with Crippen molar-refractivity contribution < 1.29 is 9.53 Å². The van der Waals surface area contributed by atoms with E-state index in [2.05, 4.69) is 5.32 Å². The van der Waals surface area contributed by atoms with Gasteiger partial charge in [-0.2, -0.15) is 0 Å². The van der Waals surface area contributed by atoms with E-state index in [1.165, 1.54) is 0 Å². The van der Waals surface area contributed by atoms with E-state index in [1.54, 1.807) is 15.9 Å². The van der Waals surface area contributed by atoms with Crippen LogP contribution >= 0.6 is 11.3 Å². The van der Waals surface area contributed by atoms with E-state index in [9.17, 15) is 4.79 Å².